The van der Waals surface area contributed by atoms with Crippen LogP contribution in [-0.4, -0.2) is 16.3 Å². The van der Waals surface area contributed by atoms with Crippen LogP contribution in [0.3, 0.4) is 0 Å². The minimum Gasteiger partial charge on any atom is -0.324 e. The highest BCUT2D eigenvalue weighted by atomic mass is 15.4. The van der Waals surface area contributed by atoms with E-state index in [4.69, 9.17) is 5.10 Å². The molecule has 3 heteroatoms. The number of anilines is 2. The Morgan fingerprint density at radius 3 is 2.23 bits per heavy atom. The molecular weight excluding hydrogens is 318 g/mol. The minimum absolute atomic E-state index is 0.645. The molecular formula is C23H35N3. The van der Waals surface area contributed by atoms with Crippen molar-refractivity contribution in [3.05, 3.63) is 40.1 Å². The molecule has 1 aliphatic rings. The van der Waals surface area contributed by atoms with Crippen LogP contribution in [0.25, 0.3) is 0 Å². The maximum Gasteiger partial charge on any atom is 0.158 e. The van der Waals surface area contributed by atoms with Crippen molar-refractivity contribution >= 4 is 11.5 Å². The second-order valence-electron chi connectivity index (χ2n) is 8.09. The molecule has 0 aliphatic carbocycles. The lowest BCUT2D eigenvalue weighted by Gasteiger charge is -2.31. The van der Waals surface area contributed by atoms with Gasteiger partial charge in [-0.3, -0.25) is 4.68 Å². The van der Waals surface area contributed by atoms with E-state index < -0.39 is 0 Å². The first-order chi connectivity index (χ1) is 12.5. The molecule has 2 aromatic rings. The molecule has 1 aromatic carbocycles. The van der Waals surface area contributed by atoms with Gasteiger partial charge in [-0.1, -0.05) is 44.4 Å². The first-order valence-electron chi connectivity index (χ1n) is 10.4. The molecule has 1 aliphatic heterocycles. The molecule has 3 rings (SSSR count). The predicted molar refractivity (Wildman–Crippen MR) is 112 cm³/mol. The van der Waals surface area contributed by atoms with Crippen LogP contribution in [0.15, 0.2) is 12.1 Å². The number of fused-ring (bicyclic) bond motifs is 1. The predicted octanol–water partition coefficient (Wildman–Crippen LogP) is 6.11. The van der Waals surface area contributed by atoms with Crippen molar-refractivity contribution in [1.29, 1.82) is 0 Å². The molecule has 0 atom stereocenters. The third-order valence-electron chi connectivity index (χ3n) is 5.80. The molecule has 26 heavy (non-hydrogen) atoms. The Hall–Kier alpha value is -1.77. The van der Waals surface area contributed by atoms with Gasteiger partial charge in [-0.05, 0) is 57.6 Å². The van der Waals surface area contributed by atoms with Gasteiger partial charge in [0.15, 0.2) is 5.82 Å². The zero-order valence-corrected chi connectivity index (χ0v) is 17.5. The Labute approximate surface area is 159 Å². The van der Waals surface area contributed by atoms with E-state index in [0.29, 0.717) is 5.92 Å². The van der Waals surface area contributed by atoms with Crippen LogP contribution >= 0.6 is 0 Å². The normalized spacial score (nSPS) is 14.2. The number of nitrogens with zero attached hydrogens (tertiary/aromatic N) is 3. The lowest BCUT2D eigenvalue weighted by atomic mass is 9.89. The molecule has 142 valence electrons. The first kappa shape index (κ1) is 19.0. The second kappa shape index (κ2) is 7.85. The Morgan fingerprint density at radius 2 is 1.65 bits per heavy atom. The summed E-state index contributed by atoms with van der Waals surface area (Å²) < 4.78 is 2.19. The number of hydrogen-bond donors (Lipinski definition) is 0. The van der Waals surface area contributed by atoms with Crippen molar-refractivity contribution in [2.45, 2.75) is 79.1 Å². The molecule has 0 radical (unpaired) electrons. The molecule has 0 spiro atoms. The van der Waals surface area contributed by atoms with Crippen LogP contribution in [-0.2, 0) is 13.5 Å². The number of hydrogen-bond acceptors (Lipinski definition) is 2. The lowest BCUT2D eigenvalue weighted by molar-refractivity contribution is 0.515. The summed E-state index contributed by atoms with van der Waals surface area (Å²) in [5.74, 6) is 1.85. The van der Waals surface area contributed by atoms with Gasteiger partial charge in [0, 0.05) is 36.5 Å². The van der Waals surface area contributed by atoms with Gasteiger partial charge >= 0.3 is 0 Å². The van der Waals surface area contributed by atoms with Gasteiger partial charge in [0.2, 0.25) is 0 Å². The van der Waals surface area contributed by atoms with Crippen molar-refractivity contribution in [1.82, 2.24) is 9.78 Å². The summed E-state index contributed by atoms with van der Waals surface area (Å²) in [6.07, 6.45) is 7.39. The van der Waals surface area contributed by atoms with Crippen molar-refractivity contribution in [2.24, 2.45) is 7.05 Å². The maximum atomic E-state index is 5.04. The van der Waals surface area contributed by atoms with E-state index in [-0.39, 0.29) is 0 Å². The van der Waals surface area contributed by atoms with Crippen molar-refractivity contribution in [2.75, 3.05) is 11.4 Å². The van der Waals surface area contributed by atoms with Gasteiger partial charge in [0.25, 0.3) is 0 Å². The average molecular weight is 354 g/mol. The van der Waals surface area contributed by atoms with Gasteiger partial charge in [-0.25, -0.2) is 0 Å². The summed E-state index contributed by atoms with van der Waals surface area (Å²) in [4.78, 5) is 2.49. The molecule has 0 saturated carbocycles. The molecule has 2 heterocycles. The number of aromatic nitrogens is 2. The monoisotopic (exact) mass is 353 g/mol. The van der Waals surface area contributed by atoms with Crippen LogP contribution in [0.2, 0.25) is 0 Å². The molecule has 0 bridgehead atoms. The summed E-state index contributed by atoms with van der Waals surface area (Å²) >= 11 is 0. The fourth-order valence-corrected chi connectivity index (χ4v) is 4.98. The van der Waals surface area contributed by atoms with Crippen molar-refractivity contribution in [3.8, 4) is 0 Å². The number of rotatable bonds is 6. The quantitative estimate of drug-likeness (QED) is 0.624. The molecule has 0 fully saturated rings. The Morgan fingerprint density at radius 1 is 1.04 bits per heavy atom. The molecule has 0 N–H and O–H groups in total. The smallest absolute Gasteiger partial charge is 0.158 e. The highest BCUT2D eigenvalue weighted by Crippen LogP contribution is 2.41. The van der Waals surface area contributed by atoms with Gasteiger partial charge in [0.05, 0.1) is 0 Å². The highest BCUT2D eigenvalue weighted by Gasteiger charge is 2.30. The average Bonchev–Trinajstić information content (AvgIpc) is 2.90. The Balaban J connectivity index is 2.08. The van der Waals surface area contributed by atoms with E-state index in [9.17, 15) is 0 Å². The van der Waals surface area contributed by atoms with E-state index in [1.54, 1.807) is 0 Å². The third-order valence-corrected chi connectivity index (χ3v) is 5.80. The molecule has 0 amide bonds. The van der Waals surface area contributed by atoms with Crippen LogP contribution < -0.4 is 4.90 Å². The molecule has 0 unspecified atom stereocenters. The maximum absolute atomic E-state index is 5.04. The second-order valence-corrected chi connectivity index (χ2v) is 8.09. The van der Waals surface area contributed by atoms with E-state index in [0.717, 1.165) is 6.54 Å². The standard InChI is InChI=1S/C23H35N3/c1-7-10-19(11-8-2)22-20-12-9-13-26(23(20)24-25(22)6)21-17(4)14-16(3)15-18(21)5/h14-15,19H,7-13H2,1-6H3. The van der Waals surface area contributed by atoms with E-state index in [2.05, 4.69) is 63.4 Å². The fourth-order valence-electron chi connectivity index (χ4n) is 4.98. The van der Waals surface area contributed by atoms with Gasteiger partial charge in [-0.15, -0.1) is 0 Å². The molecule has 1 aromatic heterocycles. The van der Waals surface area contributed by atoms with Crippen LogP contribution in [0.1, 0.15) is 79.8 Å². The van der Waals surface area contributed by atoms with E-state index in [1.165, 1.54) is 78.0 Å². The first-order valence-corrected chi connectivity index (χ1v) is 10.4. The van der Waals surface area contributed by atoms with E-state index in [1.807, 2.05) is 0 Å². The summed E-state index contributed by atoms with van der Waals surface area (Å²) in [7, 11) is 2.15. The largest absolute Gasteiger partial charge is 0.324 e. The van der Waals surface area contributed by atoms with E-state index >= 15 is 0 Å². The zero-order chi connectivity index (χ0) is 18.8. The Bertz CT molecular complexity index is 743. The van der Waals surface area contributed by atoms with Crippen LogP contribution in [0.4, 0.5) is 11.5 Å². The summed E-state index contributed by atoms with van der Waals surface area (Å²) in [5.41, 5.74) is 8.43. The van der Waals surface area contributed by atoms with Crippen molar-refractivity contribution in [3.63, 3.8) is 0 Å². The third kappa shape index (κ3) is 3.41. The van der Waals surface area contributed by atoms with Crippen molar-refractivity contribution < 1.29 is 0 Å². The minimum atomic E-state index is 0.645. The zero-order valence-electron chi connectivity index (χ0n) is 17.5. The number of aryl methyl sites for hydroxylation is 4. The lowest BCUT2D eigenvalue weighted by Crippen LogP contribution is -2.26. The summed E-state index contributed by atoms with van der Waals surface area (Å²) in [5, 5.41) is 5.04. The van der Waals surface area contributed by atoms with Crippen LogP contribution in [0, 0.1) is 20.8 Å². The summed E-state index contributed by atoms with van der Waals surface area (Å²) in [6, 6.07) is 4.61. The molecule has 0 saturated heterocycles. The number of benzene rings is 1. The molecule has 3 nitrogen and oxygen atoms in total. The van der Waals surface area contributed by atoms with Gasteiger partial charge < -0.3 is 4.90 Å². The van der Waals surface area contributed by atoms with Crippen LogP contribution in [0.5, 0.6) is 0 Å². The van der Waals surface area contributed by atoms with Gasteiger partial charge in [-0.2, -0.15) is 5.10 Å². The topological polar surface area (TPSA) is 21.1 Å². The Kier molecular flexibility index (Phi) is 5.74. The highest BCUT2D eigenvalue weighted by molar-refractivity contribution is 5.71. The summed E-state index contributed by atoms with van der Waals surface area (Å²) in [6.45, 7) is 12.3. The fraction of sp³-hybridized carbons (Fsp3) is 0.609. The van der Waals surface area contributed by atoms with Gasteiger partial charge in [0.1, 0.15) is 0 Å². The SMILES string of the molecule is CCCC(CCC)c1c2c(nn1C)N(c1c(C)cc(C)cc1C)CCC2.